The number of carbonyl (C=O) groups is 1. The summed E-state index contributed by atoms with van der Waals surface area (Å²) in [4.78, 5) is 33.2. The number of aromatic nitrogens is 2. The summed E-state index contributed by atoms with van der Waals surface area (Å²) >= 11 is 0. The van der Waals surface area contributed by atoms with Gasteiger partial charge in [-0.1, -0.05) is 12.1 Å². The maximum absolute atomic E-state index is 13.0. The van der Waals surface area contributed by atoms with Gasteiger partial charge in [-0.3, -0.25) is 9.59 Å². The van der Waals surface area contributed by atoms with Gasteiger partial charge in [0.05, 0.1) is 17.6 Å². The van der Waals surface area contributed by atoms with Crippen LogP contribution in [0, 0.1) is 0 Å². The molecule has 1 aromatic carbocycles. The smallest absolute Gasteiger partial charge is 0.294 e. The highest BCUT2D eigenvalue weighted by Gasteiger charge is 2.20. The Hall–Kier alpha value is -2.41. The number of amides is 1. The summed E-state index contributed by atoms with van der Waals surface area (Å²) in [6.07, 6.45) is 2.35. The molecule has 2 aromatic rings. The number of para-hydroxylation sites is 2. The lowest BCUT2D eigenvalue weighted by Crippen LogP contribution is -2.34. The molecule has 1 fully saturated rings. The number of aryl methyl sites for hydroxylation is 1. The molecule has 25 heavy (non-hydrogen) atoms. The number of hydrogen-bond donors (Lipinski definition) is 1. The maximum atomic E-state index is 13.0. The van der Waals surface area contributed by atoms with Crippen molar-refractivity contribution in [3.8, 4) is 0 Å². The predicted molar refractivity (Wildman–Crippen MR) is 96.8 cm³/mol. The van der Waals surface area contributed by atoms with Crippen LogP contribution in [0.1, 0.15) is 19.3 Å². The van der Waals surface area contributed by atoms with Crippen molar-refractivity contribution < 1.29 is 9.90 Å². The van der Waals surface area contributed by atoms with Gasteiger partial charge in [-0.15, -0.1) is 0 Å². The van der Waals surface area contributed by atoms with Crippen molar-refractivity contribution in [2.45, 2.75) is 25.8 Å². The van der Waals surface area contributed by atoms with Gasteiger partial charge in [0.15, 0.2) is 5.82 Å². The fourth-order valence-electron chi connectivity index (χ4n) is 3.21. The lowest BCUT2D eigenvalue weighted by molar-refractivity contribution is -0.130. The van der Waals surface area contributed by atoms with E-state index in [9.17, 15) is 9.59 Å². The molecule has 1 aliphatic rings. The highest BCUT2D eigenvalue weighted by molar-refractivity contribution is 5.78. The van der Waals surface area contributed by atoms with Crippen molar-refractivity contribution in [1.82, 2.24) is 14.5 Å². The van der Waals surface area contributed by atoms with Crippen LogP contribution in [0.4, 0.5) is 5.82 Å². The minimum absolute atomic E-state index is 0.0700. The van der Waals surface area contributed by atoms with Gasteiger partial charge in [-0.05, 0) is 25.0 Å². The van der Waals surface area contributed by atoms with Crippen LogP contribution in [0.15, 0.2) is 29.1 Å². The van der Waals surface area contributed by atoms with Gasteiger partial charge in [-0.2, -0.15) is 0 Å². The lowest BCUT2D eigenvalue weighted by atomic mass is 10.2. The van der Waals surface area contributed by atoms with E-state index in [-0.39, 0.29) is 24.5 Å². The molecule has 0 unspecified atom stereocenters. The third kappa shape index (κ3) is 3.66. The minimum atomic E-state index is -0.141. The molecule has 0 spiro atoms. The van der Waals surface area contributed by atoms with E-state index in [1.807, 2.05) is 29.2 Å². The average Bonchev–Trinajstić information content (AvgIpc) is 3.15. The summed E-state index contributed by atoms with van der Waals surface area (Å²) in [6.45, 7) is 2.22. The number of likely N-dealkylation sites (N-methyl/N-ethyl adjacent to an activating group) is 1. The predicted octanol–water partition coefficient (Wildman–Crippen LogP) is 0.838. The van der Waals surface area contributed by atoms with Crippen LogP contribution < -0.4 is 10.5 Å². The van der Waals surface area contributed by atoms with Crippen LogP contribution in [0.3, 0.4) is 0 Å². The van der Waals surface area contributed by atoms with E-state index < -0.39 is 0 Å². The summed E-state index contributed by atoms with van der Waals surface area (Å²) in [5, 5.41) is 8.95. The van der Waals surface area contributed by atoms with E-state index in [1.54, 1.807) is 11.6 Å². The zero-order valence-electron chi connectivity index (χ0n) is 14.5. The van der Waals surface area contributed by atoms with Crippen LogP contribution in [0.2, 0.25) is 0 Å². The first-order valence-electron chi connectivity index (χ1n) is 8.71. The number of aliphatic hydroxyl groups is 1. The summed E-state index contributed by atoms with van der Waals surface area (Å²) in [5.41, 5.74) is 1.37. The number of aliphatic hydroxyl groups excluding tert-OH is 1. The number of anilines is 1. The van der Waals surface area contributed by atoms with Crippen LogP contribution in [0.25, 0.3) is 11.0 Å². The molecule has 134 valence electrons. The third-order valence-electron chi connectivity index (χ3n) is 4.65. The van der Waals surface area contributed by atoms with Crippen LogP contribution in [-0.2, 0) is 11.3 Å². The Kier molecular flexibility index (Phi) is 5.33. The van der Waals surface area contributed by atoms with Crippen LogP contribution >= 0.6 is 0 Å². The van der Waals surface area contributed by atoms with Gasteiger partial charge in [0, 0.05) is 39.6 Å². The summed E-state index contributed by atoms with van der Waals surface area (Å²) < 4.78 is 1.65. The maximum Gasteiger partial charge on any atom is 0.294 e. The Labute approximate surface area is 146 Å². The Morgan fingerprint density at radius 3 is 2.72 bits per heavy atom. The monoisotopic (exact) mass is 344 g/mol. The summed E-state index contributed by atoms with van der Waals surface area (Å²) in [5.74, 6) is 0.386. The molecular weight excluding hydrogens is 320 g/mol. The molecule has 2 heterocycles. The molecule has 0 radical (unpaired) electrons. The first-order valence-corrected chi connectivity index (χ1v) is 8.71. The van der Waals surface area contributed by atoms with E-state index in [4.69, 9.17) is 5.11 Å². The van der Waals surface area contributed by atoms with E-state index in [0.717, 1.165) is 37.0 Å². The summed E-state index contributed by atoms with van der Waals surface area (Å²) in [6, 6.07) is 7.53. The number of rotatable bonds is 6. The van der Waals surface area contributed by atoms with Crippen molar-refractivity contribution in [1.29, 1.82) is 0 Å². The molecule has 0 saturated carbocycles. The van der Waals surface area contributed by atoms with E-state index in [2.05, 4.69) is 4.98 Å². The highest BCUT2D eigenvalue weighted by Crippen LogP contribution is 2.18. The summed E-state index contributed by atoms with van der Waals surface area (Å²) in [7, 11) is 1.65. The fourth-order valence-corrected chi connectivity index (χ4v) is 3.21. The Bertz CT molecular complexity index is 812. The van der Waals surface area contributed by atoms with Crippen LogP contribution in [0.5, 0.6) is 0 Å². The minimum Gasteiger partial charge on any atom is -0.395 e. The average molecular weight is 344 g/mol. The topological polar surface area (TPSA) is 78.7 Å². The molecule has 1 amide bonds. The molecule has 0 aliphatic carbocycles. The molecule has 3 rings (SSSR count). The van der Waals surface area contributed by atoms with Gasteiger partial charge >= 0.3 is 0 Å². The van der Waals surface area contributed by atoms with Crippen molar-refractivity contribution in [3.05, 3.63) is 34.6 Å². The van der Waals surface area contributed by atoms with Crippen molar-refractivity contribution in [2.24, 2.45) is 0 Å². The van der Waals surface area contributed by atoms with Gasteiger partial charge in [-0.25, -0.2) is 4.98 Å². The van der Waals surface area contributed by atoms with Crippen molar-refractivity contribution in [2.75, 3.05) is 38.2 Å². The zero-order chi connectivity index (χ0) is 17.8. The zero-order valence-corrected chi connectivity index (χ0v) is 14.5. The molecule has 1 saturated heterocycles. The molecule has 7 heteroatoms. The molecule has 1 aromatic heterocycles. The number of fused-ring (bicyclic) bond motifs is 1. The first-order chi connectivity index (χ1) is 12.1. The second-order valence-electron chi connectivity index (χ2n) is 6.36. The second kappa shape index (κ2) is 7.65. The van der Waals surface area contributed by atoms with Crippen LogP contribution in [-0.4, -0.2) is 58.8 Å². The van der Waals surface area contributed by atoms with Gasteiger partial charge in [0.2, 0.25) is 5.91 Å². The Morgan fingerprint density at radius 2 is 2.00 bits per heavy atom. The SMILES string of the molecule is CN(CCO)C(=O)CCn1c(=O)c(N2CCCC2)nc2ccccc21. The Balaban J connectivity index is 1.93. The number of nitrogens with zero attached hydrogens (tertiary/aromatic N) is 4. The molecule has 7 nitrogen and oxygen atoms in total. The molecule has 0 bridgehead atoms. The van der Waals surface area contributed by atoms with Gasteiger partial charge in [0.25, 0.3) is 5.56 Å². The molecule has 1 aliphatic heterocycles. The highest BCUT2D eigenvalue weighted by atomic mass is 16.3. The fraction of sp³-hybridized carbons (Fsp3) is 0.500. The number of carbonyl (C=O) groups excluding carboxylic acids is 1. The standard InChI is InChI=1S/C18H24N4O3/c1-20(12-13-23)16(24)8-11-22-15-7-3-2-6-14(15)19-17(18(22)25)21-9-4-5-10-21/h2-3,6-7,23H,4-5,8-13H2,1H3. The van der Waals surface area contributed by atoms with Gasteiger partial charge < -0.3 is 19.5 Å². The normalized spacial score (nSPS) is 14.2. The molecular formula is C18H24N4O3. The molecule has 0 atom stereocenters. The van der Waals surface area contributed by atoms with Gasteiger partial charge in [0.1, 0.15) is 0 Å². The third-order valence-corrected chi connectivity index (χ3v) is 4.65. The lowest BCUT2D eigenvalue weighted by Gasteiger charge is -2.20. The van der Waals surface area contributed by atoms with E-state index in [0.29, 0.717) is 18.9 Å². The Morgan fingerprint density at radius 1 is 1.28 bits per heavy atom. The number of hydrogen-bond acceptors (Lipinski definition) is 5. The van der Waals surface area contributed by atoms with E-state index >= 15 is 0 Å². The van der Waals surface area contributed by atoms with E-state index in [1.165, 1.54) is 4.90 Å². The second-order valence-corrected chi connectivity index (χ2v) is 6.36. The van der Waals surface area contributed by atoms with Crippen molar-refractivity contribution >= 4 is 22.8 Å². The number of benzene rings is 1. The van der Waals surface area contributed by atoms with Crippen molar-refractivity contribution in [3.63, 3.8) is 0 Å². The molecule has 1 N–H and O–H groups in total. The largest absolute Gasteiger partial charge is 0.395 e. The first kappa shape index (κ1) is 17.4. The quantitative estimate of drug-likeness (QED) is 0.840.